The Hall–Kier alpha value is -3.13. The first kappa shape index (κ1) is 22.2. The predicted octanol–water partition coefficient (Wildman–Crippen LogP) is 5.42. The van der Waals surface area contributed by atoms with Gasteiger partial charge in [-0.3, -0.25) is 0 Å². The first-order valence-corrected chi connectivity index (χ1v) is 9.48. The second-order valence-corrected chi connectivity index (χ2v) is 6.58. The van der Waals surface area contributed by atoms with E-state index >= 15 is 0 Å². The van der Waals surface area contributed by atoms with E-state index in [4.69, 9.17) is 9.47 Å². The van der Waals surface area contributed by atoms with Crippen molar-refractivity contribution in [1.29, 1.82) is 0 Å². The van der Waals surface area contributed by atoms with Crippen LogP contribution in [0.15, 0.2) is 54.6 Å². The van der Waals surface area contributed by atoms with E-state index in [1.807, 2.05) is 24.3 Å². The van der Waals surface area contributed by atoms with Gasteiger partial charge in [0.1, 0.15) is 5.75 Å². The number of hydrogen-bond donors (Lipinski definition) is 0. The molecule has 29 heavy (non-hydrogen) atoms. The number of hydrogen-bond acceptors (Lipinski definition) is 3. The van der Waals surface area contributed by atoms with Gasteiger partial charge in [0.15, 0.2) is 11.6 Å². The van der Waals surface area contributed by atoms with Crippen LogP contribution in [0.25, 0.3) is 0 Å². The zero-order valence-corrected chi connectivity index (χ0v) is 16.5. The summed E-state index contributed by atoms with van der Waals surface area (Å²) in [7, 11) is 0. The van der Waals surface area contributed by atoms with Crippen LogP contribution in [0.1, 0.15) is 43.7 Å². The van der Waals surface area contributed by atoms with Crippen molar-refractivity contribution in [3.05, 3.63) is 77.4 Å². The van der Waals surface area contributed by atoms with Crippen molar-refractivity contribution >= 4 is 5.97 Å². The lowest BCUT2D eigenvalue weighted by molar-refractivity contribution is -0.139. The van der Waals surface area contributed by atoms with Crippen molar-refractivity contribution in [1.82, 2.24) is 0 Å². The van der Waals surface area contributed by atoms with Crippen molar-refractivity contribution in [2.45, 2.75) is 32.6 Å². The average molecular weight is 398 g/mol. The number of carbonyl (C=O) groups is 1. The number of halogens is 2. The molecule has 0 aromatic heterocycles. The molecule has 0 fully saturated rings. The van der Waals surface area contributed by atoms with E-state index < -0.39 is 11.6 Å². The Labute approximate surface area is 170 Å². The summed E-state index contributed by atoms with van der Waals surface area (Å²) in [6.45, 7) is 6.18. The Balaban J connectivity index is 1.65. The highest BCUT2D eigenvalue weighted by Crippen LogP contribution is 2.13. The van der Waals surface area contributed by atoms with E-state index in [0.29, 0.717) is 24.4 Å². The standard InChI is InChI=1S/C24H24F2O3/c1-18(2)24(27)29-16-6-4-3-5-15-28-21-12-9-19(10-13-21)7-8-20-11-14-22(25)23(26)17-20/h9-14,17H,1,3-6,15-16H2,2H3. The van der Waals surface area contributed by atoms with Gasteiger partial charge in [0.05, 0.1) is 13.2 Å². The molecule has 0 aliphatic rings. The summed E-state index contributed by atoms with van der Waals surface area (Å²) in [6.07, 6.45) is 3.68. The monoisotopic (exact) mass is 398 g/mol. The molecular formula is C24H24F2O3. The van der Waals surface area contributed by atoms with Gasteiger partial charge in [0, 0.05) is 16.7 Å². The van der Waals surface area contributed by atoms with Crippen LogP contribution in [0.3, 0.4) is 0 Å². The smallest absolute Gasteiger partial charge is 0.333 e. The molecule has 3 nitrogen and oxygen atoms in total. The highest BCUT2D eigenvalue weighted by atomic mass is 19.2. The third kappa shape index (κ3) is 8.18. The lowest BCUT2D eigenvalue weighted by atomic mass is 10.1. The molecule has 0 atom stereocenters. The van der Waals surface area contributed by atoms with Gasteiger partial charge in [0.25, 0.3) is 0 Å². The fourth-order valence-electron chi connectivity index (χ4n) is 2.39. The van der Waals surface area contributed by atoms with E-state index in [9.17, 15) is 13.6 Å². The molecule has 0 saturated carbocycles. The van der Waals surface area contributed by atoms with Crippen LogP contribution in [-0.4, -0.2) is 19.2 Å². The van der Waals surface area contributed by atoms with Gasteiger partial charge in [0.2, 0.25) is 0 Å². The normalized spacial score (nSPS) is 10.0. The van der Waals surface area contributed by atoms with Crippen molar-refractivity contribution in [3.63, 3.8) is 0 Å². The molecule has 0 aliphatic carbocycles. The van der Waals surface area contributed by atoms with Gasteiger partial charge in [-0.2, -0.15) is 0 Å². The maximum absolute atomic E-state index is 13.2. The van der Waals surface area contributed by atoms with Crippen LogP contribution in [0, 0.1) is 23.5 Å². The Morgan fingerprint density at radius 1 is 0.897 bits per heavy atom. The first-order valence-electron chi connectivity index (χ1n) is 9.48. The summed E-state index contributed by atoms with van der Waals surface area (Å²) < 4.78 is 36.8. The minimum Gasteiger partial charge on any atom is -0.494 e. The molecule has 2 aromatic rings. The Bertz CT molecular complexity index is 893. The summed E-state index contributed by atoms with van der Waals surface area (Å²) in [5, 5.41) is 0. The SMILES string of the molecule is C=C(C)C(=O)OCCCCCCOc1ccc(C#Cc2ccc(F)c(F)c2)cc1. The van der Waals surface area contributed by atoms with Gasteiger partial charge in [-0.1, -0.05) is 18.4 Å². The summed E-state index contributed by atoms with van der Waals surface area (Å²) in [5.74, 6) is 4.33. The Morgan fingerprint density at radius 2 is 1.52 bits per heavy atom. The van der Waals surface area contributed by atoms with Crippen LogP contribution < -0.4 is 4.74 Å². The lowest BCUT2D eigenvalue weighted by Gasteiger charge is -2.07. The number of benzene rings is 2. The number of esters is 1. The van der Waals surface area contributed by atoms with E-state index in [-0.39, 0.29) is 5.97 Å². The molecule has 0 radical (unpaired) electrons. The number of ether oxygens (including phenoxy) is 2. The lowest BCUT2D eigenvalue weighted by Crippen LogP contribution is -2.06. The molecule has 0 heterocycles. The number of rotatable bonds is 9. The fraction of sp³-hybridized carbons (Fsp3) is 0.292. The van der Waals surface area contributed by atoms with Crippen molar-refractivity contribution in [2.75, 3.05) is 13.2 Å². The summed E-state index contributed by atoms with van der Waals surface area (Å²) in [6, 6.07) is 10.9. The second kappa shape index (κ2) is 11.7. The minimum absolute atomic E-state index is 0.341. The van der Waals surface area contributed by atoms with Crippen molar-refractivity contribution < 1.29 is 23.0 Å². The molecule has 5 heteroatoms. The summed E-state index contributed by atoms with van der Waals surface area (Å²) >= 11 is 0. The van der Waals surface area contributed by atoms with Gasteiger partial charge in [-0.25, -0.2) is 13.6 Å². The first-order chi connectivity index (χ1) is 14.0. The van der Waals surface area contributed by atoms with Crippen LogP contribution in [-0.2, 0) is 9.53 Å². The van der Waals surface area contributed by atoms with E-state index in [1.54, 1.807) is 6.92 Å². The average Bonchev–Trinajstić information content (AvgIpc) is 2.71. The number of unbranched alkanes of at least 4 members (excludes halogenated alkanes) is 3. The fourth-order valence-corrected chi connectivity index (χ4v) is 2.39. The molecule has 0 unspecified atom stereocenters. The summed E-state index contributed by atoms with van der Waals surface area (Å²) in [5.41, 5.74) is 1.59. The molecule has 152 valence electrons. The molecule has 2 aromatic carbocycles. The highest BCUT2D eigenvalue weighted by molar-refractivity contribution is 5.86. The van der Waals surface area contributed by atoms with Gasteiger partial charge < -0.3 is 9.47 Å². The molecule has 0 spiro atoms. The Kier molecular flexibility index (Phi) is 8.91. The van der Waals surface area contributed by atoms with Crippen LogP contribution in [0.4, 0.5) is 8.78 Å². The van der Waals surface area contributed by atoms with Gasteiger partial charge in [-0.05, 0) is 75.1 Å². The third-order valence-corrected chi connectivity index (χ3v) is 4.01. The predicted molar refractivity (Wildman–Crippen MR) is 109 cm³/mol. The molecule has 0 N–H and O–H groups in total. The topological polar surface area (TPSA) is 35.5 Å². The van der Waals surface area contributed by atoms with E-state index in [1.165, 1.54) is 6.07 Å². The zero-order chi connectivity index (χ0) is 21.1. The molecule has 0 saturated heterocycles. The van der Waals surface area contributed by atoms with Gasteiger partial charge >= 0.3 is 5.97 Å². The van der Waals surface area contributed by atoms with Crippen LogP contribution in [0.5, 0.6) is 5.75 Å². The largest absolute Gasteiger partial charge is 0.494 e. The zero-order valence-electron chi connectivity index (χ0n) is 16.5. The summed E-state index contributed by atoms with van der Waals surface area (Å²) in [4.78, 5) is 11.2. The van der Waals surface area contributed by atoms with Crippen molar-refractivity contribution in [3.8, 4) is 17.6 Å². The third-order valence-electron chi connectivity index (χ3n) is 4.01. The second-order valence-electron chi connectivity index (χ2n) is 6.58. The van der Waals surface area contributed by atoms with Crippen LogP contribution in [0.2, 0.25) is 0 Å². The molecule has 0 aliphatic heterocycles. The molecule has 0 amide bonds. The quantitative estimate of drug-likeness (QED) is 0.245. The van der Waals surface area contributed by atoms with Crippen molar-refractivity contribution in [2.24, 2.45) is 0 Å². The molecule has 2 rings (SSSR count). The molecular weight excluding hydrogens is 374 g/mol. The highest BCUT2D eigenvalue weighted by Gasteiger charge is 2.02. The van der Waals surface area contributed by atoms with Crippen LogP contribution >= 0.6 is 0 Å². The van der Waals surface area contributed by atoms with Gasteiger partial charge in [-0.15, -0.1) is 0 Å². The minimum atomic E-state index is -0.909. The molecule has 0 bridgehead atoms. The van der Waals surface area contributed by atoms with E-state index in [2.05, 4.69) is 18.4 Å². The maximum atomic E-state index is 13.2. The van der Waals surface area contributed by atoms with E-state index in [0.717, 1.165) is 49.1 Å². The Morgan fingerprint density at radius 3 is 2.17 bits per heavy atom. The maximum Gasteiger partial charge on any atom is 0.333 e. The number of carbonyl (C=O) groups excluding carboxylic acids is 1.